The minimum atomic E-state index is -0.292. The summed E-state index contributed by atoms with van der Waals surface area (Å²) in [7, 11) is 0. The molecule has 1 aromatic carbocycles. The van der Waals surface area contributed by atoms with Gasteiger partial charge < -0.3 is 10.1 Å². The fourth-order valence-electron chi connectivity index (χ4n) is 2.80. The lowest BCUT2D eigenvalue weighted by molar-refractivity contribution is 0.0726. The molecule has 3 rings (SSSR count). The predicted octanol–water partition coefficient (Wildman–Crippen LogP) is 1.93. The van der Waals surface area contributed by atoms with E-state index in [9.17, 15) is 4.79 Å². The van der Waals surface area contributed by atoms with Crippen LogP contribution in [0.1, 0.15) is 24.9 Å². The van der Waals surface area contributed by atoms with E-state index in [1.165, 1.54) is 0 Å². The first kappa shape index (κ1) is 11.5. The smallest absolute Gasteiger partial charge is 0.411 e. The third-order valence-corrected chi connectivity index (χ3v) is 3.95. The van der Waals surface area contributed by atoms with E-state index in [0.717, 1.165) is 25.1 Å². The monoisotopic (exact) mass is 246 g/mol. The Morgan fingerprint density at radius 2 is 2.17 bits per heavy atom. The van der Waals surface area contributed by atoms with Crippen molar-refractivity contribution in [3.63, 3.8) is 0 Å². The molecule has 2 aliphatic rings. The Bertz CT molecular complexity index is 440. The molecule has 1 amide bonds. The maximum Gasteiger partial charge on any atom is 0.411 e. The van der Waals surface area contributed by atoms with E-state index < -0.39 is 0 Å². The molecule has 0 aromatic heterocycles. The van der Waals surface area contributed by atoms with Gasteiger partial charge in [-0.3, -0.25) is 4.90 Å². The van der Waals surface area contributed by atoms with Crippen molar-refractivity contribution in [2.24, 2.45) is 0 Å². The average molecular weight is 246 g/mol. The van der Waals surface area contributed by atoms with Crippen LogP contribution in [0.5, 0.6) is 0 Å². The Balaban J connectivity index is 1.79. The molecule has 96 valence electrons. The quantitative estimate of drug-likeness (QED) is 0.867. The zero-order valence-electron chi connectivity index (χ0n) is 10.6. The number of carbonyl (C=O) groups is 1. The van der Waals surface area contributed by atoms with Crippen LogP contribution in [0.25, 0.3) is 0 Å². The number of amides is 1. The van der Waals surface area contributed by atoms with Crippen LogP contribution in [-0.4, -0.2) is 36.2 Å². The standard InChI is InChI=1S/C14H18N2O2/c1-11(12-5-3-2-4-6-12)16-10-14(18-13(16)17)7-8-15-9-14/h2-6,11,15H,7-10H2,1H3. The van der Waals surface area contributed by atoms with Crippen molar-refractivity contribution in [2.45, 2.75) is 25.0 Å². The van der Waals surface area contributed by atoms with Crippen LogP contribution in [0.2, 0.25) is 0 Å². The molecule has 2 fully saturated rings. The first-order valence-corrected chi connectivity index (χ1v) is 6.45. The lowest BCUT2D eigenvalue weighted by Gasteiger charge is -2.24. The molecule has 1 aromatic rings. The molecule has 0 bridgehead atoms. The fourth-order valence-corrected chi connectivity index (χ4v) is 2.80. The number of hydrogen-bond donors (Lipinski definition) is 1. The SMILES string of the molecule is CC(c1ccccc1)N1CC2(CCNC2)OC1=O. The number of carbonyl (C=O) groups excluding carboxylic acids is 1. The van der Waals surface area contributed by atoms with Gasteiger partial charge in [-0.25, -0.2) is 4.79 Å². The van der Waals surface area contributed by atoms with E-state index in [1.54, 1.807) is 0 Å². The Morgan fingerprint density at radius 3 is 2.83 bits per heavy atom. The Kier molecular flexibility index (Phi) is 2.74. The minimum Gasteiger partial charge on any atom is -0.439 e. The molecule has 0 aliphatic carbocycles. The fraction of sp³-hybridized carbons (Fsp3) is 0.500. The lowest BCUT2D eigenvalue weighted by atomic mass is 10.0. The third-order valence-electron chi connectivity index (χ3n) is 3.95. The number of hydrogen-bond acceptors (Lipinski definition) is 3. The van der Waals surface area contributed by atoms with Crippen LogP contribution in [0, 0.1) is 0 Å². The highest BCUT2D eigenvalue weighted by atomic mass is 16.6. The number of ether oxygens (including phenoxy) is 1. The second kappa shape index (κ2) is 4.28. The summed E-state index contributed by atoms with van der Waals surface area (Å²) < 4.78 is 5.59. The molecule has 2 saturated heterocycles. The van der Waals surface area contributed by atoms with Gasteiger partial charge in [-0.15, -0.1) is 0 Å². The lowest BCUT2D eigenvalue weighted by Crippen LogP contribution is -2.37. The second-order valence-electron chi connectivity index (χ2n) is 5.19. The van der Waals surface area contributed by atoms with Crippen molar-refractivity contribution in [2.75, 3.05) is 19.6 Å². The molecule has 2 unspecified atom stereocenters. The largest absolute Gasteiger partial charge is 0.439 e. The molecule has 2 atom stereocenters. The summed E-state index contributed by atoms with van der Waals surface area (Å²) in [4.78, 5) is 13.9. The zero-order valence-corrected chi connectivity index (χ0v) is 10.6. The van der Waals surface area contributed by atoms with Crippen LogP contribution in [0.4, 0.5) is 4.79 Å². The van der Waals surface area contributed by atoms with Gasteiger partial charge in [-0.2, -0.15) is 0 Å². The predicted molar refractivity (Wildman–Crippen MR) is 68.3 cm³/mol. The summed E-state index contributed by atoms with van der Waals surface area (Å²) in [5, 5.41) is 3.27. The van der Waals surface area contributed by atoms with E-state index >= 15 is 0 Å². The summed E-state index contributed by atoms with van der Waals surface area (Å²) in [5.41, 5.74) is 0.859. The number of nitrogens with zero attached hydrogens (tertiary/aromatic N) is 1. The summed E-state index contributed by atoms with van der Waals surface area (Å²) in [6.07, 6.45) is 0.728. The highest BCUT2D eigenvalue weighted by Gasteiger charge is 2.48. The van der Waals surface area contributed by atoms with Gasteiger partial charge in [0.15, 0.2) is 0 Å². The first-order chi connectivity index (χ1) is 8.70. The van der Waals surface area contributed by atoms with Crippen molar-refractivity contribution in [3.8, 4) is 0 Å². The van der Waals surface area contributed by atoms with E-state index in [-0.39, 0.29) is 17.7 Å². The third kappa shape index (κ3) is 1.86. The summed E-state index contributed by atoms with van der Waals surface area (Å²) >= 11 is 0. The molecular weight excluding hydrogens is 228 g/mol. The molecular formula is C14H18N2O2. The normalized spacial score (nSPS) is 28.7. The molecule has 2 aliphatic heterocycles. The molecule has 4 nitrogen and oxygen atoms in total. The van der Waals surface area contributed by atoms with Crippen molar-refractivity contribution in [1.82, 2.24) is 10.2 Å². The van der Waals surface area contributed by atoms with Gasteiger partial charge in [-0.05, 0) is 19.0 Å². The average Bonchev–Trinajstić information content (AvgIpc) is 2.97. The molecule has 2 heterocycles. The van der Waals surface area contributed by atoms with Crippen LogP contribution in [0.3, 0.4) is 0 Å². The topological polar surface area (TPSA) is 41.6 Å². The van der Waals surface area contributed by atoms with Crippen molar-refractivity contribution in [1.29, 1.82) is 0 Å². The number of benzene rings is 1. The Morgan fingerprint density at radius 1 is 1.39 bits per heavy atom. The van der Waals surface area contributed by atoms with Gasteiger partial charge in [0.25, 0.3) is 0 Å². The summed E-state index contributed by atoms with van der Waals surface area (Å²) in [6, 6.07) is 10.2. The second-order valence-corrected chi connectivity index (χ2v) is 5.19. The first-order valence-electron chi connectivity index (χ1n) is 6.45. The molecule has 18 heavy (non-hydrogen) atoms. The van der Waals surface area contributed by atoms with Crippen molar-refractivity contribution < 1.29 is 9.53 Å². The van der Waals surface area contributed by atoms with Gasteiger partial charge in [0.05, 0.1) is 12.6 Å². The van der Waals surface area contributed by atoms with Crippen LogP contribution < -0.4 is 5.32 Å². The number of rotatable bonds is 2. The summed E-state index contributed by atoms with van der Waals surface area (Å²) in [6.45, 7) is 4.45. The molecule has 1 spiro atoms. The van der Waals surface area contributed by atoms with Crippen LogP contribution in [0.15, 0.2) is 30.3 Å². The molecule has 4 heteroatoms. The Hall–Kier alpha value is -1.55. The van der Waals surface area contributed by atoms with Crippen LogP contribution in [-0.2, 0) is 4.74 Å². The molecule has 0 radical (unpaired) electrons. The van der Waals surface area contributed by atoms with Crippen LogP contribution >= 0.6 is 0 Å². The maximum atomic E-state index is 12.0. The van der Waals surface area contributed by atoms with Crippen molar-refractivity contribution >= 4 is 6.09 Å². The van der Waals surface area contributed by atoms with E-state index in [4.69, 9.17) is 4.74 Å². The van der Waals surface area contributed by atoms with Gasteiger partial charge >= 0.3 is 6.09 Å². The van der Waals surface area contributed by atoms with Gasteiger partial charge in [0.1, 0.15) is 5.60 Å². The highest BCUT2D eigenvalue weighted by Crippen LogP contribution is 2.33. The molecule has 0 saturated carbocycles. The zero-order chi connectivity index (χ0) is 12.6. The summed E-state index contributed by atoms with van der Waals surface area (Å²) in [5.74, 6) is 0. The number of nitrogens with one attached hydrogen (secondary N) is 1. The van der Waals surface area contributed by atoms with Gasteiger partial charge in [0.2, 0.25) is 0 Å². The Labute approximate surface area is 107 Å². The minimum absolute atomic E-state index is 0.0682. The van der Waals surface area contributed by atoms with E-state index in [2.05, 4.69) is 24.4 Å². The van der Waals surface area contributed by atoms with Gasteiger partial charge in [0, 0.05) is 13.0 Å². The highest BCUT2D eigenvalue weighted by molar-refractivity contribution is 5.71. The van der Waals surface area contributed by atoms with E-state index in [1.807, 2.05) is 23.1 Å². The van der Waals surface area contributed by atoms with E-state index in [0.29, 0.717) is 6.54 Å². The van der Waals surface area contributed by atoms with Gasteiger partial charge in [-0.1, -0.05) is 30.3 Å². The van der Waals surface area contributed by atoms with Crippen molar-refractivity contribution in [3.05, 3.63) is 35.9 Å². The maximum absolute atomic E-state index is 12.0. The molecule has 1 N–H and O–H groups in total.